The molecule has 1 heterocycles. The Morgan fingerprint density at radius 2 is 2.04 bits per heavy atom. The van der Waals surface area contributed by atoms with Crippen molar-refractivity contribution >= 4 is 17.7 Å². The van der Waals surface area contributed by atoms with Gasteiger partial charge < -0.3 is 11.2 Å². The predicted octanol–water partition coefficient (Wildman–Crippen LogP) is 3.22. The van der Waals surface area contributed by atoms with Gasteiger partial charge in [-0.2, -0.15) is 0 Å². The Morgan fingerprint density at radius 1 is 1.26 bits per heavy atom. The number of thioether (sulfide) groups is 1. The maximum Gasteiger partial charge on any atom is 0.230 e. The number of rotatable bonds is 8. The minimum atomic E-state index is -0.0324. The molecular weight excluding hydrogens is 358 g/mol. The van der Waals surface area contributed by atoms with E-state index in [2.05, 4.69) is 15.5 Å². The van der Waals surface area contributed by atoms with E-state index in [1.807, 2.05) is 31.2 Å². The van der Waals surface area contributed by atoms with Gasteiger partial charge in [-0.15, -0.1) is 10.2 Å². The van der Waals surface area contributed by atoms with Gasteiger partial charge in [0.1, 0.15) is 0 Å². The number of hydrogen-bond acceptors (Lipinski definition) is 5. The van der Waals surface area contributed by atoms with E-state index in [-0.39, 0.29) is 11.7 Å². The Hall–Kier alpha value is -2.02. The highest BCUT2D eigenvalue weighted by Crippen LogP contribution is 2.27. The van der Waals surface area contributed by atoms with Gasteiger partial charge >= 0.3 is 0 Å². The third-order valence-corrected chi connectivity index (χ3v) is 6.25. The van der Waals surface area contributed by atoms with Crippen LogP contribution < -0.4 is 11.2 Å². The molecule has 1 amide bonds. The molecule has 0 spiro atoms. The second kappa shape index (κ2) is 9.78. The maximum atomic E-state index is 12.1. The molecule has 0 radical (unpaired) electrons. The van der Waals surface area contributed by atoms with E-state index < -0.39 is 0 Å². The number of carbonyl (C=O) groups excluding carboxylic acids is 1. The monoisotopic (exact) mass is 387 g/mol. The molecule has 7 heteroatoms. The molecule has 1 aromatic carbocycles. The molecule has 6 nitrogen and oxygen atoms in total. The van der Waals surface area contributed by atoms with Gasteiger partial charge in [0.2, 0.25) is 11.1 Å². The first-order chi connectivity index (χ1) is 13.1. The van der Waals surface area contributed by atoms with E-state index in [9.17, 15) is 4.79 Å². The minimum absolute atomic E-state index is 0.0324. The van der Waals surface area contributed by atoms with Crippen molar-refractivity contribution in [2.75, 3.05) is 11.6 Å². The SMILES string of the molecule is Cc1ccccc1CNC(=O)CSc1nnc(CCC2CCCCC2)n1N. The van der Waals surface area contributed by atoms with Crippen LogP contribution in [-0.4, -0.2) is 26.5 Å². The van der Waals surface area contributed by atoms with Crippen molar-refractivity contribution in [3.8, 4) is 0 Å². The van der Waals surface area contributed by atoms with Crippen molar-refractivity contribution in [2.24, 2.45) is 5.92 Å². The van der Waals surface area contributed by atoms with Gasteiger partial charge in [-0.1, -0.05) is 68.1 Å². The summed E-state index contributed by atoms with van der Waals surface area (Å²) in [5, 5.41) is 11.9. The Kier molecular flexibility index (Phi) is 7.15. The maximum absolute atomic E-state index is 12.1. The molecule has 1 fully saturated rings. The molecule has 3 N–H and O–H groups in total. The molecule has 3 rings (SSSR count). The van der Waals surface area contributed by atoms with Gasteiger partial charge in [0, 0.05) is 13.0 Å². The van der Waals surface area contributed by atoms with E-state index in [4.69, 9.17) is 5.84 Å². The van der Waals surface area contributed by atoms with E-state index in [0.29, 0.717) is 11.7 Å². The lowest BCUT2D eigenvalue weighted by molar-refractivity contribution is -0.118. The largest absolute Gasteiger partial charge is 0.351 e. The quantitative estimate of drug-likeness (QED) is 0.536. The van der Waals surface area contributed by atoms with Crippen LogP contribution in [0, 0.1) is 12.8 Å². The Balaban J connectivity index is 1.43. The number of carbonyl (C=O) groups is 1. The fourth-order valence-corrected chi connectivity index (χ4v) is 4.27. The van der Waals surface area contributed by atoms with Crippen LogP contribution in [0.1, 0.15) is 55.5 Å². The van der Waals surface area contributed by atoms with Crippen LogP contribution in [0.25, 0.3) is 0 Å². The Morgan fingerprint density at radius 3 is 2.81 bits per heavy atom. The molecule has 0 bridgehead atoms. The van der Waals surface area contributed by atoms with Crippen LogP contribution in [0.3, 0.4) is 0 Å². The summed E-state index contributed by atoms with van der Waals surface area (Å²) in [5.41, 5.74) is 2.30. The van der Waals surface area contributed by atoms with E-state index in [1.54, 1.807) is 4.68 Å². The highest BCUT2D eigenvalue weighted by Gasteiger charge is 2.17. The smallest absolute Gasteiger partial charge is 0.230 e. The number of aryl methyl sites for hydroxylation is 2. The number of aromatic nitrogens is 3. The first kappa shape index (κ1) is 19.7. The summed E-state index contributed by atoms with van der Waals surface area (Å²) >= 11 is 1.33. The van der Waals surface area contributed by atoms with Crippen LogP contribution in [0.5, 0.6) is 0 Å². The fourth-order valence-electron chi connectivity index (χ4n) is 3.57. The molecule has 1 saturated carbocycles. The van der Waals surface area contributed by atoms with Crippen molar-refractivity contribution < 1.29 is 4.79 Å². The molecule has 0 atom stereocenters. The molecule has 1 aliphatic carbocycles. The summed E-state index contributed by atoms with van der Waals surface area (Å²) < 4.78 is 1.54. The molecule has 0 aliphatic heterocycles. The molecule has 0 unspecified atom stereocenters. The molecule has 0 saturated heterocycles. The topological polar surface area (TPSA) is 85.8 Å². The van der Waals surface area contributed by atoms with E-state index in [0.717, 1.165) is 30.1 Å². The summed E-state index contributed by atoms with van der Waals surface area (Å²) in [7, 11) is 0. The third-order valence-electron chi connectivity index (χ3n) is 5.31. The first-order valence-electron chi connectivity index (χ1n) is 9.77. The summed E-state index contributed by atoms with van der Waals surface area (Å²) in [6.45, 7) is 2.58. The summed E-state index contributed by atoms with van der Waals surface area (Å²) in [6, 6.07) is 8.05. The second-order valence-electron chi connectivity index (χ2n) is 7.30. The average Bonchev–Trinajstić information content (AvgIpc) is 3.04. The third kappa shape index (κ3) is 5.73. The number of amides is 1. The molecule has 27 heavy (non-hydrogen) atoms. The van der Waals surface area contributed by atoms with E-state index in [1.165, 1.54) is 49.4 Å². The van der Waals surface area contributed by atoms with Crippen molar-refractivity contribution in [3.05, 3.63) is 41.2 Å². The number of nitrogens with one attached hydrogen (secondary N) is 1. The molecule has 146 valence electrons. The Bertz CT molecular complexity index is 755. The summed E-state index contributed by atoms with van der Waals surface area (Å²) in [4.78, 5) is 12.1. The fraction of sp³-hybridized carbons (Fsp3) is 0.550. The molecule has 1 aliphatic rings. The van der Waals surface area contributed by atoms with Crippen LogP contribution in [-0.2, 0) is 17.8 Å². The summed E-state index contributed by atoms with van der Waals surface area (Å²) in [6.07, 6.45) is 8.68. The lowest BCUT2D eigenvalue weighted by Crippen LogP contribution is -2.25. The van der Waals surface area contributed by atoms with Crippen LogP contribution in [0.2, 0.25) is 0 Å². The van der Waals surface area contributed by atoms with E-state index >= 15 is 0 Å². The number of nitrogens with zero attached hydrogens (tertiary/aromatic N) is 3. The number of nitrogens with two attached hydrogens (primary N) is 1. The van der Waals surface area contributed by atoms with Crippen molar-refractivity contribution in [2.45, 2.75) is 63.6 Å². The van der Waals surface area contributed by atoms with Crippen LogP contribution >= 0.6 is 11.8 Å². The first-order valence-corrected chi connectivity index (χ1v) is 10.8. The van der Waals surface area contributed by atoms with Gasteiger partial charge in [-0.25, -0.2) is 4.68 Å². The van der Waals surface area contributed by atoms with Crippen molar-refractivity contribution in [1.29, 1.82) is 0 Å². The zero-order valence-corrected chi connectivity index (χ0v) is 16.8. The highest BCUT2D eigenvalue weighted by atomic mass is 32.2. The molecule has 2 aromatic rings. The standard InChI is InChI=1S/C20H29N5OS/c1-15-7-5-6-10-17(15)13-22-19(26)14-27-20-24-23-18(25(20)21)12-11-16-8-3-2-4-9-16/h5-7,10,16H,2-4,8-9,11-14,21H2,1H3,(H,22,26). The number of hydrogen-bond donors (Lipinski definition) is 2. The van der Waals surface area contributed by atoms with Crippen LogP contribution in [0.15, 0.2) is 29.4 Å². The zero-order valence-electron chi connectivity index (χ0n) is 16.0. The molecule has 1 aromatic heterocycles. The lowest BCUT2D eigenvalue weighted by Gasteiger charge is -2.20. The normalized spacial score (nSPS) is 15.0. The van der Waals surface area contributed by atoms with Gasteiger partial charge in [0.25, 0.3) is 0 Å². The van der Waals surface area contributed by atoms with Gasteiger partial charge in [-0.05, 0) is 30.4 Å². The zero-order chi connectivity index (χ0) is 19.1. The Labute approximate surface area is 165 Å². The second-order valence-corrected chi connectivity index (χ2v) is 8.25. The number of benzene rings is 1. The predicted molar refractivity (Wildman–Crippen MR) is 109 cm³/mol. The number of nitrogen functional groups attached to an aromatic ring is 1. The highest BCUT2D eigenvalue weighted by molar-refractivity contribution is 7.99. The average molecular weight is 388 g/mol. The van der Waals surface area contributed by atoms with Gasteiger partial charge in [0.15, 0.2) is 5.82 Å². The lowest BCUT2D eigenvalue weighted by atomic mass is 9.86. The van der Waals surface area contributed by atoms with Crippen molar-refractivity contribution in [3.63, 3.8) is 0 Å². The van der Waals surface area contributed by atoms with Gasteiger partial charge in [0.05, 0.1) is 5.75 Å². The van der Waals surface area contributed by atoms with Crippen LogP contribution in [0.4, 0.5) is 0 Å². The van der Waals surface area contributed by atoms with Crippen molar-refractivity contribution in [1.82, 2.24) is 20.2 Å². The molecular formula is C20H29N5OS. The summed E-state index contributed by atoms with van der Waals surface area (Å²) in [5.74, 6) is 7.98. The minimum Gasteiger partial charge on any atom is -0.351 e. The van der Waals surface area contributed by atoms with Gasteiger partial charge in [-0.3, -0.25) is 4.79 Å².